The number of nitrogens with one attached hydrogen (secondary N) is 1. The Morgan fingerprint density at radius 3 is 2.56 bits per heavy atom. The van der Waals surface area contributed by atoms with Gasteiger partial charge in [-0.25, -0.2) is 4.98 Å². The molecular formula is C23H18ClN5O3. The first-order valence-corrected chi connectivity index (χ1v) is 10.5. The van der Waals surface area contributed by atoms with Crippen LogP contribution in [-0.4, -0.2) is 63.2 Å². The average Bonchev–Trinajstić information content (AvgIpc) is 2.93. The number of fused-ring (bicyclic) bond motifs is 2. The highest BCUT2D eigenvalue weighted by Crippen LogP contribution is 2.30. The maximum absolute atomic E-state index is 13.4. The lowest BCUT2D eigenvalue weighted by molar-refractivity contribution is -0.121. The number of benzene rings is 2. The smallest absolute Gasteiger partial charge is 0.274 e. The van der Waals surface area contributed by atoms with E-state index in [1.54, 1.807) is 24.3 Å². The van der Waals surface area contributed by atoms with Crippen molar-refractivity contribution in [3.63, 3.8) is 0 Å². The topological polar surface area (TPSA) is 95.5 Å². The summed E-state index contributed by atoms with van der Waals surface area (Å²) in [5.74, 6) is -0.886. The van der Waals surface area contributed by atoms with Crippen molar-refractivity contribution in [2.24, 2.45) is 0 Å². The number of carbonyl (C=O) groups excluding carboxylic acids is 3. The second kappa shape index (κ2) is 8.05. The van der Waals surface area contributed by atoms with Crippen LogP contribution in [0.25, 0.3) is 11.1 Å². The lowest BCUT2D eigenvalue weighted by Gasteiger charge is -2.39. The van der Waals surface area contributed by atoms with Gasteiger partial charge >= 0.3 is 0 Å². The Bertz CT molecular complexity index is 1220. The van der Waals surface area contributed by atoms with Gasteiger partial charge in [-0.15, -0.1) is 0 Å². The molecule has 3 heterocycles. The number of aromatic nitrogens is 2. The van der Waals surface area contributed by atoms with Gasteiger partial charge in [-0.3, -0.25) is 19.4 Å². The second-order valence-corrected chi connectivity index (χ2v) is 8.05. The van der Waals surface area contributed by atoms with E-state index in [1.165, 1.54) is 28.4 Å². The Labute approximate surface area is 188 Å². The van der Waals surface area contributed by atoms with Crippen molar-refractivity contribution in [2.45, 2.75) is 6.04 Å². The summed E-state index contributed by atoms with van der Waals surface area (Å²) in [5.41, 5.74) is 2.84. The van der Waals surface area contributed by atoms with Crippen molar-refractivity contribution in [3.8, 4) is 11.1 Å². The summed E-state index contributed by atoms with van der Waals surface area (Å²) in [5, 5.41) is 3.48. The van der Waals surface area contributed by atoms with E-state index in [0.29, 0.717) is 22.8 Å². The average molecular weight is 448 g/mol. The molecule has 1 unspecified atom stereocenters. The van der Waals surface area contributed by atoms with Crippen molar-refractivity contribution in [1.82, 2.24) is 19.8 Å². The van der Waals surface area contributed by atoms with Gasteiger partial charge in [-0.2, -0.15) is 0 Å². The molecule has 0 saturated carbocycles. The summed E-state index contributed by atoms with van der Waals surface area (Å²) in [6.45, 7) is 0.635. The molecule has 0 aliphatic carbocycles. The minimum absolute atomic E-state index is 0.0883. The highest BCUT2D eigenvalue weighted by molar-refractivity contribution is 6.30. The first-order chi connectivity index (χ1) is 15.5. The molecule has 1 saturated heterocycles. The number of piperazine rings is 1. The molecule has 8 nitrogen and oxygen atoms in total. The number of carbonyl (C=O) groups is 3. The van der Waals surface area contributed by atoms with Crippen LogP contribution in [0.4, 0.5) is 5.69 Å². The van der Waals surface area contributed by atoms with Gasteiger partial charge in [0.1, 0.15) is 11.7 Å². The number of hydrogen-bond donors (Lipinski definition) is 1. The van der Waals surface area contributed by atoms with E-state index in [2.05, 4.69) is 15.3 Å². The maximum Gasteiger partial charge on any atom is 0.274 e. The molecule has 1 aromatic heterocycles. The normalized spacial score (nSPS) is 17.8. The van der Waals surface area contributed by atoms with Crippen molar-refractivity contribution in [2.75, 3.05) is 25.0 Å². The Kier molecular flexibility index (Phi) is 5.07. The van der Waals surface area contributed by atoms with Crippen LogP contribution in [0.5, 0.6) is 0 Å². The second-order valence-electron chi connectivity index (χ2n) is 7.61. The molecule has 2 aliphatic rings. The molecule has 0 spiro atoms. The third-order valence-electron chi connectivity index (χ3n) is 5.70. The van der Waals surface area contributed by atoms with Gasteiger partial charge in [0, 0.05) is 30.5 Å². The molecule has 0 bridgehead atoms. The lowest BCUT2D eigenvalue weighted by atomic mass is 10.0. The molecule has 3 aromatic rings. The number of rotatable bonds is 2. The van der Waals surface area contributed by atoms with Crippen molar-refractivity contribution in [1.29, 1.82) is 0 Å². The molecule has 1 fully saturated rings. The Morgan fingerprint density at radius 1 is 1.03 bits per heavy atom. The van der Waals surface area contributed by atoms with E-state index >= 15 is 0 Å². The van der Waals surface area contributed by atoms with Crippen LogP contribution in [-0.2, 0) is 4.79 Å². The number of hydrogen-bond acceptors (Lipinski definition) is 5. The van der Waals surface area contributed by atoms with Crippen LogP contribution < -0.4 is 5.32 Å². The van der Waals surface area contributed by atoms with E-state index in [4.69, 9.17) is 11.6 Å². The zero-order valence-electron chi connectivity index (χ0n) is 16.9. The zero-order valence-corrected chi connectivity index (χ0v) is 17.6. The standard InChI is InChI=1S/C23H18ClN5O3/c24-16-4-1-14(2-5-16)15-3-6-18-17(11-15)22(31)29-10-9-28(13-20(29)21(30)27-18)23(32)19-12-25-7-8-26-19/h1-8,11-12,20H,9-10,13H2,(H,27,30). The molecule has 32 heavy (non-hydrogen) atoms. The Morgan fingerprint density at radius 2 is 1.81 bits per heavy atom. The predicted octanol–water partition coefficient (Wildman–Crippen LogP) is 2.72. The van der Waals surface area contributed by atoms with Gasteiger partial charge in [0.25, 0.3) is 11.8 Å². The van der Waals surface area contributed by atoms with Crippen molar-refractivity contribution in [3.05, 3.63) is 77.3 Å². The highest BCUT2D eigenvalue weighted by Gasteiger charge is 2.40. The van der Waals surface area contributed by atoms with Crippen LogP contribution in [0.2, 0.25) is 5.02 Å². The predicted molar refractivity (Wildman–Crippen MR) is 118 cm³/mol. The lowest BCUT2D eigenvalue weighted by Crippen LogP contribution is -2.59. The van der Waals surface area contributed by atoms with Gasteiger partial charge in [0.05, 0.1) is 24.0 Å². The molecule has 3 amide bonds. The summed E-state index contributed by atoms with van der Waals surface area (Å²) >= 11 is 5.98. The summed E-state index contributed by atoms with van der Waals surface area (Å²) in [6.07, 6.45) is 4.32. The zero-order chi connectivity index (χ0) is 22.2. The summed E-state index contributed by atoms with van der Waals surface area (Å²) < 4.78 is 0. The first-order valence-electron chi connectivity index (χ1n) is 10.1. The van der Waals surface area contributed by atoms with Crippen LogP contribution >= 0.6 is 11.6 Å². The van der Waals surface area contributed by atoms with Gasteiger partial charge in [-0.05, 0) is 35.4 Å². The molecule has 0 radical (unpaired) electrons. The van der Waals surface area contributed by atoms with Gasteiger partial charge in [0.2, 0.25) is 5.91 Å². The summed E-state index contributed by atoms with van der Waals surface area (Å²) in [6, 6.07) is 11.9. The third-order valence-corrected chi connectivity index (χ3v) is 5.95. The van der Waals surface area contributed by atoms with Crippen LogP contribution in [0.15, 0.2) is 61.1 Å². The van der Waals surface area contributed by atoms with Crippen LogP contribution in [0.3, 0.4) is 0 Å². The molecule has 1 N–H and O–H groups in total. The van der Waals surface area contributed by atoms with Gasteiger partial charge in [0.15, 0.2) is 0 Å². The van der Waals surface area contributed by atoms with Crippen molar-refractivity contribution >= 4 is 35.0 Å². The van der Waals surface area contributed by atoms with Gasteiger partial charge < -0.3 is 15.1 Å². The molecule has 2 aromatic carbocycles. The van der Waals surface area contributed by atoms with Crippen molar-refractivity contribution < 1.29 is 14.4 Å². The van der Waals surface area contributed by atoms with Gasteiger partial charge in [-0.1, -0.05) is 29.8 Å². The molecular weight excluding hydrogens is 430 g/mol. The molecule has 160 valence electrons. The van der Waals surface area contributed by atoms with E-state index in [0.717, 1.165) is 11.1 Å². The number of amides is 3. The monoisotopic (exact) mass is 447 g/mol. The van der Waals surface area contributed by atoms with Crippen LogP contribution in [0, 0.1) is 0 Å². The Balaban J connectivity index is 1.43. The summed E-state index contributed by atoms with van der Waals surface area (Å²) in [4.78, 5) is 50.2. The molecule has 5 rings (SSSR count). The number of halogens is 1. The van der Waals surface area contributed by atoms with E-state index in [1.807, 2.05) is 18.2 Å². The molecule has 2 aliphatic heterocycles. The largest absolute Gasteiger partial charge is 0.333 e. The van der Waals surface area contributed by atoms with E-state index in [9.17, 15) is 14.4 Å². The third kappa shape index (κ3) is 3.58. The molecule has 9 heteroatoms. The first kappa shape index (κ1) is 20.1. The maximum atomic E-state index is 13.4. The fourth-order valence-corrected chi connectivity index (χ4v) is 4.16. The van der Waals surface area contributed by atoms with E-state index < -0.39 is 6.04 Å². The fraction of sp³-hybridized carbons (Fsp3) is 0.174. The Hall–Kier alpha value is -3.78. The van der Waals surface area contributed by atoms with Crippen LogP contribution in [0.1, 0.15) is 20.8 Å². The highest BCUT2D eigenvalue weighted by atomic mass is 35.5. The molecule has 1 atom stereocenters. The summed E-state index contributed by atoms with van der Waals surface area (Å²) in [7, 11) is 0. The SMILES string of the molecule is O=C1Nc2ccc(-c3ccc(Cl)cc3)cc2C(=O)N2CCN(C(=O)c3cnccn3)CC12. The minimum Gasteiger partial charge on any atom is -0.333 e. The quantitative estimate of drug-likeness (QED) is 0.651. The fourth-order valence-electron chi connectivity index (χ4n) is 4.03. The number of anilines is 1. The van der Waals surface area contributed by atoms with E-state index in [-0.39, 0.29) is 36.5 Å². The minimum atomic E-state index is -0.789. The number of nitrogens with zero attached hydrogens (tertiary/aromatic N) is 4.